The Morgan fingerprint density at radius 3 is 2.38 bits per heavy atom. The number of nitrogens with zero attached hydrogens (tertiary/aromatic N) is 3. The molecule has 3 aromatic carbocycles. The summed E-state index contributed by atoms with van der Waals surface area (Å²) >= 11 is 0. The van der Waals surface area contributed by atoms with Crippen LogP contribution in [-0.2, 0) is 0 Å². The van der Waals surface area contributed by atoms with Gasteiger partial charge in [0, 0.05) is 41.8 Å². The fourth-order valence-corrected chi connectivity index (χ4v) is 5.59. The van der Waals surface area contributed by atoms with Crippen LogP contribution in [0.4, 0.5) is 30.6 Å². The minimum Gasteiger partial charge on any atom is -0.478 e. The van der Waals surface area contributed by atoms with Gasteiger partial charge >= 0.3 is 12.0 Å². The zero-order valence-electron chi connectivity index (χ0n) is 23.5. The predicted octanol–water partition coefficient (Wildman–Crippen LogP) is 7.71. The zero-order chi connectivity index (χ0) is 29.8. The molecule has 4 aromatic rings. The number of aromatic nitrogens is 2. The maximum absolute atomic E-state index is 15.9. The lowest BCUT2D eigenvalue weighted by molar-refractivity contribution is 0.0697. The summed E-state index contributed by atoms with van der Waals surface area (Å²) in [7, 11) is 0. The Kier molecular flexibility index (Phi) is 8.61. The monoisotopic (exact) mass is 573 g/mol. The molecule has 0 spiro atoms. The van der Waals surface area contributed by atoms with E-state index < -0.39 is 23.6 Å². The first-order chi connectivity index (χ1) is 20.2. The van der Waals surface area contributed by atoms with E-state index in [2.05, 4.69) is 39.3 Å². The summed E-state index contributed by atoms with van der Waals surface area (Å²) < 4.78 is 30.2. The first-order valence-electron chi connectivity index (χ1n) is 14.1. The van der Waals surface area contributed by atoms with Gasteiger partial charge in [0.2, 0.25) is 0 Å². The first-order valence-corrected chi connectivity index (χ1v) is 14.1. The number of carbonyl (C=O) groups excluding carboxylic acids is 1. The quantitative estimate of drug-likeness (QED) is 0.199. The van der Waals surface area contributed by atoms with Gasteiger partial charge in [-0.05, 0) is 67.3 Å². The molecule has 42 heavy (non-hydrogen) atoms. The number of hydrogen-bond donors (Lipinski definition) is 3. The fraction of sp³-hybridized carbons (Fsp3) is 0.312. The molecule has 1 aliphatic carbocycles. The molecule has 0 aliphatic heterocycles. The Morgan fingerprint density at radius 1 is 0.929 bits per heavy atom. The van der Waals surface area contributed by atoms with Crippen LogP contribution in [0.15, 0.2) is 60.9 Å². The van der Waals surface area contributed by atoms with Crippen LogP contribution in [0.1, 0.15) is 56.3 Å². The van der Waals surface area contributed by atoms with Crippen molar-refractivity contribution >= 4 is 40.1 Å². The minimum atomic E-state index is -1.32. The van der Waals surface area contributed by atoms with Crippen molar-refractivity contribution in [3.8, 4) is 11.1 Å². The highest BCUT2D eigenvalue weighted by Gasteiger charge is 2.27. The second-order valence-corrected chi connectivity index (χ2v) is 11.0. The van der Waals surface area contributed by atoms with Crippen LogP contribution >= 0.6 is 0 Å². The van der Waals surface area contributed by atoms with Gasteiger partial charge < -0.3 is 20.6 Å². The number of benzene rings is 3. The van der Waals surface area contributed by atoms with E-state index in [1.54, 1.807) is 30.6 Å². The molecule has 1 fully saturated rings. The lowest BCUT2D eigenvalue weighted by atomic mass is 9.92. The zero-order valence-corrected chi connectivity index (χ0v) is 23.5. The molecule has 0 saturated heterocycles. The van der Waals surface area contributed by atoms with Crippen LogP contribution in [0.2, 0.25) is 0 Å². The molecule has 10 heteroatoms. The van der Waals surface area contributed by atoms with Crippen LogP contribution in [0, 0.1) is 17.6 Å². The number of urea groups is 1. The Hall–Kier alpha value is -4.60. The van der Waals surface area contributed by atoms with E-state index in [1.165, 1.54) is 12.1 Å². The number of anilines is 3. The number of halogens is 2. The van der Waals surface area contributed by atoms with Gasteiger partial charge in [-0.15, -0.1) is 0 Å². The molecule has 1 heterocycles. The molecule has 0 atom stereocenters. The predicted molar refractivity (Wildman–Crippen MR) is 160 cm³/mol. The Bertz CT molecular complexity index is 1620. The standard InChI is InChI=1S/C32H33F2N5O3/c1-19(2)18-39(22-6-4-3-5-7-22)30-17-26(34)25(24-14-20(33)8-10-23(24)31(40)41)16-29(30)38-32(42)37-21-9-11-27-28(15-21)36-13-12-35-27/h8-17,19,22H,3-7,18H2,1-2H3,(H,40,41)(H2,37,38,42). The van der Waals surface area contributed by atoms with Crippen molar-refractivity contribution in [2.45, 2.75) is 52.0 Å². The summed E-state index contributed by atoms with van der Waals surface area (Å²) in [4.78, 5) is 35.9. The molecule has 5 rings (SSSR count). The number of nitrogens with one attached hydrogen (secondary N) is 2. The number of aromatic carboxylic acids is 1. The largest absolute Gasteiger partial charge is 0.478 e. The summed E-state index contributed by atoms with van der Waals surface area (Å²) in [6.45, 7) is 4.78. The Labute approximate surface area is 242 Å². The molecular formula is C32H33F2N5O3. The van der Waals surface area contributed by atoms with Crippen LogP contribution < -0.4 is 15.5 Å². The van der Waals surface area contributed by atoms with Gasteiger partial charge in [0.1, 0.15) is 11.6 Å². The van der Waals surface area contributed by atoms with Crippen molar-refractivity contribution in [2.75, 3.05) is 22.1 Å². The number of hydrogen-bond acceptors (Lipinski definition) is 5. The number of carboxylic acids is 1. The van der Waals surface area contributed by atoms with Gasteiger partial charge in [0.15, 0.2) is 0 Å². The normalized spacial score (nSPS) is 13.7. The lowest BCUT2D eigenvalue weighted by Gasteiger charge is -2.38. The van der Waals surface area contributed by atoms with Crippen molar-refractivity contribution in [1.29, 1.82) is 0 Å². The van der Waals surface area contributed by atoms with Gasteiger partial charge in [-0.2, -0.15) is 0 Å². The number of amides is 2. The van der Waals surface area contributed by atoms with E-state index in [0.29, 0.717) is 29.0 Å². The highest BCUT2D eigenvalue weighted by atomic mass is 19.1. The van der Waals surface area contributed by atoms with Gasteiger partial charge in [-0.3, -0.25) is 9.97 Å². The van der Waals surface area contributed by atoms with E-state index in [9.17, 15) is 19.1 Å². The van der Waals surface area contributed by atoms with Gasteiger partial charge in [-0.1, -0.05) is 33.1 Å². The van der Waals surface area contributed by atoms with Crippen molar-refractivity contribution in [1.82, 2.24) is 9.97 Å². The third-order valence-electron chi connectivity index (χ3n) is 7.45. The van der Waals surface area contributed by atoms with Gasteiger partial charge in [0.05, 0.1) is 28.0 Å². The fourth-order valence-electron chi connectivity index (χ4n) is 5.59. The van der Waals surface area contributed by atoms with E-state index in [-0.39, 0.29) is 34.3 Å². The summed E-state index contributed by atoms with van der Waals surface area (Å²) in [6.07, 6.45) is 8.27. The molecule has 8 nitrogen and oxygen atoms in total. The molecule has 2 amide bonds. The molecule has 218 valence electrons. The third kappa shape index (κ3) is 6.48. The summed E-state index contributed by atoms with van der Waals surface area (Å²) in [5.74, 6) is -2.48. The van der Waals surface area contributed by atoms with Crippen molar-refractivity contribution < 1.29 is 23.5 Å². The van der Waals surface area contributed by atoms with E-state index in [1.807, 2.05) is 0 Å². The summed E-state index contributed by atoms with van der Waals surface area (Å²) in [5.41, 5.74) is 2.05. The molecule has 1 saturated carbocycles. The Balaban J connectivity index is 1.58. The highest BCUT2D eigenvalue weighted by molar-refractivity contribution is 6.04. The second-order valence-electron chi connectivity index (χ2n) is 11.0. The number of carboxylic acid groups (broad SMARTS) is 1. The Morgan fingerprint density at radius 2 is 1.67 bits per heavy atom. The van der Waals surface area contributed by atoms with Crippen molar-refractivity contribution in [2.24, 2.45) is 5.92 Å². The molecule has 0 unspecified atom stereocenters. The van der Waals surface area contributed by atoms with Crippen LogP contribution in [0.5, 0.6) is 0 Å². The summed E-state index contributed by atoms with van der Waals surface area (Å²) in [6, 6.07) is 10.5. The first kappa shape index (κ1) is 28.9. The van der Waals surface area contributed by atoms with Crippen LogP contribution in [0.3, 0.4) is 0 Å². The smallest absolute Gasteiger partial charge is 0.336 e. The van der Waals surface area contributed by atoms with E-state index >= 15 is 4.39 Å². The lowest BCUT2D eigenvalue weighted by Crippen LogP contribution is -2.40. The number of rotatable bonds is 8. The number of fused-ring (bicyclic) bond motifs is 1. The molecule has 1 aromatic heterocycles. The molecule has 0 radical (unpaired) electrons. The molecule has 0 bridgehead atoms. The SMILES string of the molecule is CC(C)CN(c1cc(F)c(-c2cc(F)ccc2C(=O)O)cc1NC(=O)Nc1ccc2nccnc2c1)C1CCCCC1. The molecular weight excluding hydrogens is 540 g/mol. The maximum atomic E-state index is 15.9. The molecule has 1 aliphatic rings. The second kappa shape index (κ2) is 12.5. The average Bonchev–Trinajstić information content (AvgIpc) is 2.96. The number of carbonyl (C=O) groups is 2. The van der Waals surface area contributed by atoms with Crippen LogP contribution in [-0.4, -0.2) is 39.7 Å². The maximum Gasteiger partial charge on any atom is 0.336 e. The van der Waals surface area contributed by atoms with Crippen LogP contribution in [0.25, 0.3) is 22.2 Å². The van der Waals surface area contributed by atoms with Gasteiger partial charge in [0.25, 0.3) is 0 Å². The van der Waals surface area contributed by atoms with E-state index in [0.717, 1.165) is 50.3 Å². The van der Waals surface area contributed by atoms with E-state index in [4.69, 9.17) is 0 Å². The third-order valence-corrected chi connectivity index (χ3v) is 7.45. The average molecular weight is 574 g/mol. The van der Waals surface area contributed by atoms with Gasteiger partial charge in [-0.25, -0.2) is 18.4 Å². The van der Waals surface area contributed by atoms with Crippen molar-refractivity contribution in [3.63, 3.8) is 0 Å². The summed E-state index contributed by atoms with van der Waals surface area (Å²) in [5, 5.41) is 15.4. The topological polar surface area (TPSA) is 107 Å². The minimum absolute atomic E-state index is 0.115. The highest BCUT2D eigenvalue weighted by Crippen LogP contribution is 2.39. The van der Waals surface area contributed by atoms with Crippen molar-refractivity contribution in [3.05, 3.63) is 78.1 Å². The molecule has 3 N–H and O–H groups in total.